The Morgan fingerprint density at radius 3 is 1.97 bits per heavy atom. The SMILES string of the molecule is Cc1ccccc1Nc1cc(COCc2ccccc2)nc(Nc2ccccc2C)n1. The van der Waals surface area contributed by atoms with Crippen molar-refractivity contribution in [2.24, 2.45) is 0 Å². The van der Waals surface area contributed by atoms with Crippen LogP contribution in [-0.4, -0.2) is 9.97 Å². The second-order valence-electron chi connectivity index (χ2n) is 7.43. The number of nitrogens with one attached hydrogen (secondary N) is 2. The maximum absolute atomic E-state index is 5.92. The summed E-state index contributed by atoms with van der Waals surface area (Å²) in [6.45, 7) is 5.05. The normalized spacial score (nSPS) is 10.6. The molecule has 3 aromatic carbocycles. The number of para-hydroxylation sites is 2. The average Bonchev–Trinajstić information content (AvgIpc) is 2.78. The number of aryl methyl sites for hydroxylation is 2. The molecule has 0 aliphatic rings. The lowest BCUT2D eigenvalue weighted by molar-refractivity contribution is 0.104. The molecule has 4 aromatic rings. The van der Waals surface area contributed by atoms with Crippen LogP contribution in [0.1, 0.15) is 22.4 Å². The smallest absolute Gasteiger partial charge is 0.229 e. The maximum Gasteiger partial charge on any atom is 0.229 e. The summed E-state index contributed by atoms with van der Waals surface area (Å²) in [6.07, 6.45) is 0. The number of anilines is 4. The molecule has 1 aromatic heterocycles. The summed E-state index contributed by atoms with van der Waals surface area (Å²) in [6, 6.07) is 28.3. The van der Waals surface area contributed by atoms with Crippen LogP contribution in [0.4, 0.5) is 23.1 Å². The Morgan fingerprint density at radius 1 is 0.677 bits per heavy atom. The topological polar surface area (TPSA) is 59.1 Å². The highest BCUT2D eigenvalue weighted by atomic mass is 16.5. The van der Waals surface area contributed by atoms with Gasteiger partial charge >= 0.3 is 0 Å². The van der Waals surface area contributed by atoms with E-state index in [2.05, 4.69) is 58.7 Å². The van der Waals surface area contributed by atoms with E-state index in [0.717, 1.165) is 39.6 Å². The van der Waals surface area contributed by atoms with Crippen LogP contribution < -0.4 is 10.6 Å². The molecule has 2 N–H and O–H groups in total. The number of benzene rings is 3. The number of ether oxygens (including phenoxy) is 1. The van der Waals surface area contributed by atoms with Crippen molar-refractivity contribution in [3.8, 4) is 0 Å². The Bertz CT molecular complexity index is 1080. The van der Waals surface area contributed by atoms with Gasteiger partial charge in [-0.1, -0.05) is 66.7 Å². The van der Waals surface area contributed by atoms with Crippen molar-refractivity contribution in [3.05, 3.63) is 107 Å². The minimum atomic E-state index is 0.391. The first kappa shape index (κ1) is 20.6. The Morgan fingerprint density at radius 2 is 1.29 bits per heavy atom. The zero-order valence-corrected chi connectivity index (χ0v) is 17.8. The second kappa shape index (κ2) is 9.87. The molecule has 0 saturated carbocycles. The zero-order chi connectivity index (χ0) is 21.5. The molecule has 0 fully saturated rings. The van der Waals surface area contributed by atoms with Crippen molar-refractivity contribution in [3.63, 3.8) is 0 Å². The van der Waals surface area contributed by atoms with Crippen molar-refractivity contribution in [1.29, 1.82) is 0 Å². The fraction of sp³-hybridized carbons (Fsp3) is 0.154. The molecule has 156 valence electrons. The molecule has 0 spiro atoms. The van der Waals surface area contributed by atoms with Crippen LogP contribution >= 0.6 is 0 Å². The van der Waals surface area contributed by atoms with Gasteiger partial charge in [0, 0.05) is 17.4 Å². The molecule has 4 rings (SSSR count). The average molecular weight is 411 g/mol. The number of hydrogen-bond donors (Lipinski definition) is 2. The van der Waals surface area contributed by atoms with Gasteiger partial charge in [-0.15, -0.1) is 0 Å². The van der Waals surface area contributed by atoms with Crippen LogP contribution in [0.2, 0.25) is 0 Å². The third kappa shape index (κ3) is 5.68. The first-order chi connectivity index (χ1) is 15.2. The van der Waals surface area contributed by atoms with Gasteiger partial charge in [0.05, 0.1) is 18.9 Å². The summed E-state index contributed by atoms with van der Waals surface area (Å²) < 4.78 is 5.92. The van der Waals surface area contributed by atoms with E-state index in [9.17, 15) is 0 Å². The standard InChI is InChI=1S/C26H26N4O/c1-19-10-6-8-14-23(19)28-25-16-22(18-31-17-21-12-4-3-5-13-21)27-26(30-25)29-24-15-9-7-11-20(24)2/h3-16H,17-18H2,1-2H3,(H2,27,28,29,30). The molecular formula is C26H26N4O. The molecule has 0 amide bonds. The van der Waals surface area contributed by atoms with Crippen molar-refractivity contribution in [2.45, 2.75) is 27.1 Å². The van der Waals surface area contributed by atoms with E-state index in [-0.39, 0.29) is 0 Å². The summed E-state index contributed by atoms with van der Waals surface area (Å²) in [5.74, 6) is 1.25. The highest BCUT2D eigenvalue weighted by Gasteiger charge is 2.08. The summed E-state index contributed by atoms with van der Waals surface area (Å²) in [5.41, 5.74) is 6.21. The van der Waals surface area contributed by atoms with Crippen LogP contribution in [0.25, 0.3) is 0 Å². The molecule has 0 saturated heterocycles. The fourth-order valence-corrected chi connectivity index (χ4v) is 3.22. The number of hydrogen-bond acceptors (Lipinski definition) is 5. The summed E-state index contributed by atoms with van der Waals surface area (Å²) in [4.78, 5) is 9.36. The molecule has 0 atom stereocenters. The van der Waals surface area contributed by atoms with Gasteiger partial charge in [0.1, 0.15) is 5.82 Å². The highest BCUT2D eigenvalue weighted by molar-refractivity contribution is 5.63. The predicted octanol–water partition coefficient (Wildman–Crippen LogP) is 6.30. The quantitative estimate of drug-likeness (QED) is 0.357. The molecule has 5 nitrogen and oxygen atoms in total. The minimum absolute atomic E-state index is 0.391. The van der Waals surface area contributed by atoms with Gasteiger partial charge in [-0.25, -0.2) is 4.98 Å². The van der Waals surface area contributed by atoms with Crippen molar-refractivity contribution >= 4 is 23.1 Å². The van der Waals surface area contributed by atoms with Gasteiger partial charge in [-0.2, -0.15) is 4.98 Å². The Kier molecular flexibility index (Phi) is 6.55. The first-order valence-corrected chi connectivity index (χ1v) is 10.3. The Balaban J connectivity index is 1.56. The third-order valence-electron chi connectivity index (χ3n) is 4.94. The van der Waals surface area contributed by atoms with Crippen molar-refractivity contribution in [2.75, 3.05) is 10.6 Å². The Hall–Kier alpha value is -3.70. The summed E-state index contributed by atoms with van der Waals surface area (Å²) in [5, 5.41) is 6.76. The molecule has 0 radical (unpaired) electrons. The molecule has 31 heavy (non-hydrogen) atoms. The number of rotatable bonds is 8. The van der Waals surface area contributed by atoms with E-state index >= 15 is 0 Å². The van der Waals surface area contributed by atoms with Crippen LogP contribution in [0, 0.1) is 13.8 Å². The lowest BCUT2D eigenvalue weighted by Crippen LogP contribution is -2.06. The van der Waals surface area contributed by atoms with Crippen molar-refractivity contribution in [1.82, 2.24) is 9.97 Å². The van der Waals surface area contributed by atoms with E-state index in [0.29, 0.717) is 19.2 Å². The third-order valence-corrected chi connectivity index (χ3v) is 4.94. The van der Waals surface area contributed by atoms with Crippen LogP contribution in [0.15, 0.2) is 84.9 Å². The number of aromatic nitrogens is 2. The van der Waals surface area contributed by atoms with Gasteiger partial charge in [0.2, 0.25) is 5.95 Å². The predicted molar refractivity (Wildman–Crippen MR) is 126 cm³/mol. The molecule has 1 heterocycles. The molecule has 0 bridgehead atoms. The summed E-state index contributed by atoms with van der Waals surface area (Å²) in [7, 11) is 0. The van der Waals surface area contributed by atoms with Gasteiger partial charge in [0.25, 0.3) is 0 Å². The van der Waals surface area contributed by atoms with Crippen LogP contribution in [0.3, 0.4) is 0 Å². The van der Waals surface area contributed by atoms with E-state index in [1.54, 1.807) is 0 Å². The van der Waals surface area contributed by atoms with E-state index in [1.165, 1.54) is 0 Å². The lowest BCUT2D eigenvalue weighted by Gasteiger charge is -2.14. The van der Waals surface area contributed by atoms with Crippen LogP contribution in [-0.2, 0) is 18.0 Å². The molecule has 5 heteroatoms. The second-order valence-corrected chi connectivity index (χ2v) is 7.43. The highest BCUT2D eigenvalue weighted by Crippen LogP contribution is 2.23. The molecule has 0 aliphatic heterocycles. The lowest BCUT2D eigenvalue weighted by atomic mass is 10.2. The van der Waals surface area contributed by atoms with Crippen molar-refractivity contribution < 1.29 is 4.74 Å². The zero-order valence-electron chi connectivity index (χ0n) is 17.8. The monoisotopic (exact) mass is 410 g/mol. The number of nitrogens with zero attached hydrogens (tertiary/aromatic N) is 2. The van der Waals surface area contributed by atoms with Gasteiger partial charge in [-0.3, -0.25) is 0 Å². The van der Waals surface area contributed by atoms with E-state index in [4.69, 9.17) is 4.74 Å². The molecular weight excluding hydrogens is 384 g/mol. The van der Waals surface area contributed by atoms with Crippen LogP contribution in [0.5, 0.6) is 0 Å². The van der Waals surface area contributed by atoms with Gasteiger partial charge < -0.3 is 15.4 Å². The van der Waals surface area contributed by atoms with E-state index in [1.807, 2.05) is 60.7 Å². The fourth-order valence-electron chi connectivity index (χ4n) is 3.22. The van der Waals surface area contributed by atoms with E-state index < -0.39 is 0 Å². The van der Waals surface area contributed by atoms with Gasteiger partial charge in [-0.05, 0) is 42.7 Å². The maximum atomic E-state index is 5.92. The van der Waals surface area contributed by atoms with Gasteiger partial charge in [0.15, 0.2) is 0 Å². The molecule has 0 aliphatic carbocycles. The Labute approximate surface area is 183 Å². The summed E-state index contributed by atoms with van der Waals surface area (Å²) >= 11 is 0. The first-order valence-electron chi connectivity index (χ1n) is 10.3. The minimum Gasteiger partial charge on any atom is -0.370 e. The largest absolute Gasteiger partial charge is 0.370 e. The molecule has 0 unspecified atom stereocenters.